The van der Waals surface area contributed by atoms with Gasteiger partial charge >= 0.3 is 0 Å². The van der Waals surface area contributed by atoms with Crippen LogP contribution in [0.1, 0.15) is 19.8 Å². The predicted octanol–water partition coefficient (Wildman–Crippen LogP) is 4.14. The Hall–Kier alpha value is -2.90. The molecule has 166 valence electrons. The summed E-state index contributed by atoms with van der Waals surface area (Å²) in [6.07, 6.45) is 3.05. The Morgan fingerprint density at radius 3 is 2.62 bits per heavy atom. The number of hydrogen-bond acceptors (Lipinski definition) is 4. The molecule has 2 aliphatic rings. The number of H-pyrrole nitrogens is 1. The van der Waals surface area contributed by atoms with E-state index in [-0.39, 0.29) is 28.7 Å². The van der Waals surface area contributed by atoms with Crippen LogP contribution in [0.4, 0.5) is 4.39 Å². The van der Waals surface area contributed by atoms with Crippen LogP contribution in [-0.4, -0.2) is 47.2 Å². The molecule has 1 amide bonds. The lowest BCUT2D eigenvalue weighted by Gasteiger charge is -2.33. The van der Waals surface area contributed by atoms with Crippen LogP contribution in [0.3, 0.4) is 0 Å². The minimum Gasteiger partial charge on any atom is -0.481 e. The number of carbonyl (C=O) groups is 1. The third kappa shape index (κ3) is 3.87. The summed E-state index contributed by atoms with van der Waals surface area (Å²) in [5, 5.41) is 1.29. The van der Waals surface area contributed by atoms with Crippen molar-refractivity contribution in [2.75, 3.05) is 13.1 Å². The summed E-state index contributed by atoms with van der Waals surface area (Å²) in [6.45, 7) is 2.88. The molecule has 2 saturated heterocycles. The van der Waals surface area contributed by atoms with E-state index in [4.69, 9.17) is 21.1 Å². The van der Waals surface area contributed by atoms with Crippen molar-refractivity contribution < 1.29 is 18.7 Å². The number of morpholine rings is 1. The van der Waals surface area contributed by atoms with E-state index in [9.17, 15) is 14.0 Å². The number of amides is 1. The van der Waals surface area contributed by atoms with E-state index >= 15 is 0 Å². The van der Waals surface area contributed by atoms with Crippen LogP contribution in [0, 0.1) is 5.82 Å². The molecule has 0 aliphatic carbocycles. The average molecular weight is 457 g/mol. The molecule has 0 spiro atoms. The van der Waals surface area contributed by atoms with Gasteiger partial charge in [-0.15, -0.1) is 0 Å². The van der Waals surface area contributed by atoms with Gasteiger partial charge in [0.2, 0.25) is 0 Å². The Bertz CT molecular complexity index is 1250. The van der Waals surface area contributed by atoms with Gasteiger partial charge in [-0.1, -0.05) is 11.6 Å². The molecule has 8 heteroatoms. The maximum Gasteiger partial charge on any atom is 0.263 e. The second-order valence-corrected chi connectivity index (χ2v) is 8.73. The molecule has 3 aromatic rings. The zero-order chi connectivity index (χ0) is 22.4. The minimum absolute atomic E-state index is 0.0916. The van der Waals surface area contributed by atoms with Crippen LogP contribution >= 0.6 is 11.6 Å². The molecular formula is C24H22ClFN2O4. The maximum absolute atomic E-state index is 13.5. The number of benzene rings is 2. The van der Waals surface area contributed by atoms with Gasteiger partial charge in [-0.3, -0.25) is 9.59 Å². The maximum atomic E-state index is 13.5. The second kappa shape index (κ2) is 8.22. The Balaban J connectivity index is 1.41. The molecule has 3 heterocycles. The van der Waals surface area contributed by atoms with E-state index in [1.165, 1.54) is 12.1 Å². The number of aromatic amines is 1. The molecule has 2 aromatic carbocycles. The molecule has 3 atom stereocenters. The second-order valence-electron chi connectivity index (χ2n) is 8.32. The monoisotopic (exact) mass is 456 g/mol. The largest absolute Gasteiger partial charge is 0.481 e. The number of rotatable bonds is 4. The molecule has 1 N–H and O–H groups in total. The normalized spacial score (nSPS) is 21.0. The number of fused-ring (bicyclic) bond motifs is 3. The zero-order valence-corrected chi connectivity index (χ0v) is 18.2. The first-order chi connectivity index (χ1) is 15.4. The number of ether oxygens (including phenoxy) is 2. The van der Waals surface area contributed by atoms with E-state index in [1.54, 1.807) is 42.3 Å². The molecule has 2 fully saturated rings. The Morgan fingerprint density at radius 2 is 1.91 bits per heavy atom. The van der Waals surface area contributed by atoms with Crippen LogP contribution in [0.2, 0.25) is 5.02 Å². The molecule has 0 saturated carbocycles. The first-order valence-corrected chi connectivity index (χ1v) is 11.0. The van der Waals surface area contributed by atoms with Crippen LogP contribution in [0.25, 0.3) is 21.9 Å². The summed E-state index contributed by atoms with van der Waals surface area (Å²) in [6, 6.07) is 9.21. The lowest BCUT2D eigenvalue weighted by atomic mass is 10.0. The van der Waals surface area contributed by atoms with Gasteiger partial charge in [-0.2, -0.15) is 0 Å². The van der Waals surface area contributed by atoms with Crippen molar-refractivity contribution in [2.45, 2.75) is 38.1 Å². The number of nitrogens with one attached hydrogen (secondary N) is 1. The average Bonchev–Trinajstić information content (AvgIpc) is 3.11. The number of hydrogen-bond donors (Lipinski definition) is 1. The highest BCUT2D eigenvalue weighted by atomic mass is 35.5. The highest BCUT2D eigenvalue weighted by Crippen LogP contribution is 2.34. The van der Waals surface area contributed by atoms with Crippen LogP contribution in [0.15, 0.2) is 47.4 Å². The summed E-state index contributed by atoms with van der Waals surface area (Å²) in [5.41, 5.74) is 0.980. The minimum atomic E-state index is -0.696. The third-order valence-electron chi connectivity index (χ3n) is 6.11. The first kappa shape index (κ1) is 21.0. The number of nitrogens with zero attached hydrogens (tertiary/aromatic N) is 1. The van der Waals surface area contributed by atoms with Gasteiger partial charge in [0.25, 0.3) is 11.5 Å². The van der Waals surface area contributed by atoms with Gasteiger partial charge in [-0.05, 0) is 61.5 Å². The van der Waals surface area contributed by atoms with Crippen molar-refractivity contribution >= 4 is 28.3 Å². The van der Waals surface area contributed by atoms with E-state index < -0.39 is 11.9 Å². The van der Waals surface area contributed by atoms with Crippen molar-refractivity contribution in [1.82, 2.24) is 9.88 Å². The lowest BCUT2D eigenvalue weighted by Crippen LogP contribution is -2.50. The lowest BCUT2D eigenvalue weighted by molar-refractivity contribution is -0.146. The van der Waals surface area contributed by atoms with Crippen molar-refractivity contribution in [1.29, 1.82) is 0 Å². The predicted molar refractivity (Wildman–Crippen MR) is 120 cm³/mol. The van der Waals surface area contributed by atoms with Crippen LogP contribution < -0.4 is 10.3 Å². The molecule has 2 bridgehead atoms. The fourth-order valence-electron chi connectivity index (χ4n) is 4.55. The Morgan fingerprint density at radius 1 is 1.16 bits per heavy atom. The van der Waals surface area contributed by atoms with Gasteiger partial charge in [0.15, 0.2) is 6.10 Å². The van der Waals surface area contributed by atoms with Gasteiger partial charge < -0.3 is 19.4 Å². The first-order valence-electron chi connectivity index (χ1n) is 10.6. The summed E-state index contributed by atoms with van der Waals surface area (Å²) in [4.78, 5) is 29.9. The van der Waals surface area contributed by atoms with Crippen molar-refractivity contribution in [3.63, 3.8) is 0 Å². The van der Waals surface area contributed by atoms with Crippen molar-refractivity contribution in [3.05, 3.63) is 63.8 Å². The van der Waals surface area contributed by atoms with E-state index in [0.717, 1.165) is 12.8 Å². The Labute approximate surface area is 188 Å². The zero-order valence-electron chi connectivity index (χ0n) is 17.4. The molecule has 0 radical (unpaired) electrons. The fraction of sp³-hybridized carbons (Fsp3) is 0.333. The summed E-state index contributed by atoms with van der Waals surface area (Å²) in [5.74, 6) is -0.108. The summed E-state index contributed by atoms with van der Waals surface area (Å²) in [7, 11) is 0. The van der Waals surface area contributed by atoms with Crippen LogP contribution in [-0.2, 0) is 9.53 Å². The molecule has 32 heavy (non-hydrogen) atoms. The summed E-state index contributed by atoms with van der Waals surface area (Å²) >= 11 is 6.23. The van der Waals surface area contributed by atoms with E-state index in [0.29, 0.717) is 40.7 Å². The highest BCUT2D eigenvalue weighted by Gasteiger charge is 2.37. The molecule has 1 aromatic heterocycles. The fourth-order valence-corrected chi connectivity index (χ4v) is 4.82. The highest BCUT2D eigenvalue weighted by molar-refractivity contribution is 6.33. The molecule has 6 nitrogen and oxygen atoms in total. The smallest absolute Gasteiger partial charge is 0.263 e. The topological polar surface area (TPSA) is 71.6 Å². The van der Waals surface area contributed by atoms with Gasteiger partial charge in [0.1, 0.15) is 11.6 Å². The quantitative estimate of drug-likeness (QED) is 0.640. The van der Waals surface area contributed by atoms with E-state index in [1.807, 2.05) is 0 Å². The number of aromatic nitrogens is 1. The summed E-state index contributed by atoms with van der Waals surface area (Å²) < 4.78 is 25.2. The molecular weight excluding hydrogens is 435 g/mol. The number of likely N-dealkylation sites (tertiary alicyclic amines) is 1. The SMILES string of the molecule is C[C@@H](Oc1ccc2c(-c3ccc(F)cc3Cl)c[nH]c(=O)c2c1)C(=O)N1CC2CCC(C1)O2. The van der Waals surface area contributed by atoms with Gasteiger partial charge in [0.05, 0.1) is 22.6 Å². The third-order valence-corrected chi connectivity index (χ3v) is 6.42. The number of halogens is 2. The van der Waals surface area contributed by atoms with Crippen molar-refractivity contribution in [2.24, 2.45) is 0 Å². The Kier molecular flexibility index (Phi) is 5.39. The van der Waals surface area contributed by atoms with Crippen LogP contribution in [0.5, 0.6) is 5.75 Å². The number of pyridine rings is 1. The molecule has 2 unspecified atom stereocenters. The standard InChI is InChI=1S/C24H22ClFN2O4/c1-13(24(30)28-11-16-3-4-17(12-28)32-16)31-15-5-7-18-20(9-15)23(29)27-10-21(18)19-6-2-14(26)8-22(19)25/h2,5-10,13,16-17H,3-4,11-12H2,1H3,(H,27,29)/t13-,16?,17?/m1/s1. The van der Waals surface area contributed by atoms with E-state index in [2.05, 4.69) is 4.98 Å². The molecule has 2 aliphatic heterocycles. The number of carbonyl (C=O) groups excluding carboxylic acids is 1. The molecule has 5 rings (SSSR count). The van der Waals surface area contributed by atoms with Gasteiger partial charge in [0, 0.05) is 30.4 Å². The van der Waals surface area contributed by atoms with Gasteiger partial charge in [-0.25, -0.2) is 4.39 Å². The van der Waals surface area contributed by atoms with Crippen molar-refractivity contribution in [3.8, 4) is 16.9 Å².